The zero-order valence-electron chi connectivity index (χ0n) is 35.2. The molecule has 15 nitrogen and oxygen atoms in total. The first kappa shape index (κ1) is 46.8. The highest BCUT2D eigenvalue weighted by molar-refractivity contribution is 9.10. The summed E-state index contributed by atoms with van der Waals surface area (Å²) < 4.78 is 78.1. The number of anilines is 4. The summed E-state index contributed by atoms with van der Waals surface area (Å²) in [5.41, 5.74) is 3.46. The minimum absolute atomic E-state index is 0.129. The lowest BCUT2D eigenvalue weighted by molar-refractivity contribution is -0.142. The van der Waals surface area contributed by atoms with Gasteiger partial charge in [-0.05, 0) is 113 Å². The van der Waals surface area contributed by atoms with Gasteiger partial charge in [0, 0.05) is 83.3 Å². The number of rotatable bonds is 8. The van der Waals surface area contributed by atoms with Crippen molar-refractivity contribution >= 4 is 73.1 Å². The summed E-state index contributed by atoms with van der Waals surface area (Å²) in [5.74, 6) is -0.600. The smallest absolute Gasteiger partial charge is 0.357 e. The highest BCUT2D eigenvalue weighted by Crippen LogP contribution is 2.35. The monoisotopic (exact) mass is 979 g/mol. The molecule has 8 aromatic rings. The Morgan fingerprint density at radius 3 is 1.48 bits per heavy atom. The number of nitriles is 1. The molecule has 338 valence electrons. The minimum Gasteiger partial charge on any atom is -0.357 e. The Morgan fingerprint density at radius 2 is 1.03 bits per heavy atom. The Morgan fingerprint density at radius 1 is 0.582 bits per heavy atom. The van der Waals surface area contributed by atoms with Crippen LogP contribution in [0, 0.1) is 25.2 Å². The molecule has 2 aromatic carbocycles. The van der Waals surface area contributed by atoms with Crippen molar-refractivity contribution < 1.29 is 35.9 Å². The van der Waals surface area contributed by atoms with E-state index in [-0.39, 0.29) is 16.8 Å². The number of hydrogen-bond donors (Lipinski definition) is 4. The third-order valence-electron chi connectivity index (χ3n) is 9.84. The molecule has 6 heterocycles. The van der Waals surface area contributed by atoms with Crippen LogP contribution in [0.4, 0.5) is 49.6 Å². The number of aromatic nitrogens is 8. The Labute approximate surface area is 384 Å². The van der Waals surface area contributed by atoms with Gasteiger partial charge in [0.1, 0.15) is 22.1 Å². The number of alkyl halides is 6. The average Bonchev–Trinajstić information content (AvgIpc) is 3.31. The maximum atomic E-state index is 12.9. The lowest BCUT2D eigenvalue weighted by atomic mass is 9.97. The molecule has 0 unspecified atom stereocenters. The molecule has 0 atom stereocenters. The van der Waals surface area contributed by atoms with Gasteiger partial charge >= 0.3 is 12.4 Å². The van der Waals surface area contributed by atoms with E-state index in [4.69, 9.17) is 0 Å². The highest BCUT2D eigenvalue weighted by Gasteiger charge is 2.34. The predicted octanol–water partition coefficient (Wildman–Crippen LogP) is 10.1. The zero-order valence-corrected chi connectivity index (χ0v) is 36.8. The summed E-state index contributed by atoms with van der Waals surface area (Å²) in [5, 5.41) is 21.9. The third kappa shape index (κ3) is 10.7. The topological polar surface area (TPSA) is 209 Å². The number of aryl methyl sites for hydroxylation is 2. The standard InChI is InChI=1S/C23H16F3N7O.C22H16BrF3N6O/c1-12-3-4-15(31-21(34)13-5-6-29-19(8-13)23(24,25)26)9-16(12)17-7-14-11-30-22(28-2)33-20(14)32-18(17)10-27;1-11-3-4-14(30-20(33)12-5-6-28-17(8-12)22(24,25)26)9-15(11)16-7-13-10-29-21(27-2)32-19(13)31-18(16)23/h3-9,11H,1-2H3,(H,31,34)(H,28,30,32,33);3-10H,1-2H3,(H,30,33)(H,27,29,31,32). The molecular formula is C45H32BrF6N13O2. The molecule has 0 saturated heterocycles. The lowest BCUT2D eigenvalue weighted by Gasteiger charge is -2.13. The SMILES string of the molecule is CNc1ncc2cc(-c3cc(NC(=O)c4ccnc(C(F)(F)F)c4)ccc3C)c(Br)nc2n1.CNc1ncc2cc(-c3cc(NC(=O)c4ccnc(C(F)(F)F)c4)ccc3C)c(C#N)nc2n1. The van der Waals surface area contributed by atoms with Gasteiger partial charge in [-0.25, -0.2) is 19.9 Å². The van der Waals surface area contributed by atoms with Crippen LogP contribution in [0.1, 0.15) is 48.9 Å². The van der Waals surface area contributed by atoms with Gasteiger partial charge in [-0.1, -0.05) is 12.1 Å². The number of benzene rings is 2. The number of carbonyl (C=O) groups is 2. The quantitative estimate of drug-likeness (QED) is 0.0826. The van der Waals surface area contributed by atoms with E-state index in [2.05, 4.69) is 83.1 Å². The largest absolute Gasteiger partial charge is 0.433 e. The van der Waals surface area contributed by atoms with Gasteiger partial charge in [0.15, 0.2) is 17.0 Å². The van der Waals surface area contributed by atoms with Gasteiger partial charge in [-0.3, -0.25) is 19.6 Å². The molecule has 6 aromatic heterocycles. The van der Waals surface area contributed by atoms with Crippen LogP contribution < -0.4 is 21.3 Å². The molecule has 22 heteroatoms. The van der Waals surface area contributed by atoms with Crippen LogP contribution >= 0.6 is 15.9 Å². The summed E-state index contributed by atoms with van der Waals surface area (Å²) in [4.78, 5) is 57.5. The first-order chi connectivity index (χ1) is 31.8. The Balaban J connectivity index is 0.000000199. The summed E-state index contributed by atoms with van der Waals surface area (Å²) >= 11 is 3.48. The molecular weight excluding hydrogens is 948 g/mol. The number of nitrogens with one attached hydrogen (secondary N) is 4. The number of pyridine rings is 4. The van der Waals surface area contributed by atoms with Crippen molar-refractivity contribution in [2.24, 2.45) is 0 Å². The maximum Gasteiger partial charge on any atom is 0.433 e. The normalized spacial score (nSPS) is 11.3. The molecule has 2 amide bonds. The Kier molecular flexibility index (Phi) is 13.3. The van der Waals surface area contributed by atoms with Crippen molar-refractivity contribution in [3.05, 3.63) is 142 Å². The van der Waals surface area contributed by atoms with Gasteiger partial charge in [0.25, 0.3) is 11.8 Å². The Hall–Kier alpha value is -8.19. The molecule has 0 spiro atoms. The van der Waals surface area contributed by atoms with Crippen LogP contribution in [0.2, 0.25) is 0 Å². The fourth-order valence-corrected chi connectivity index (χ4v) is 6.96. The molecule has 0 saturated carbocycles. The fourth-order valence-electron chi connectivity index (χ4n) is 6.47. The average molecular weight is 981 g/mol. The molecule has 4 N–H and O–H groups in total. The number of halogens is 7. The molecule has 0 aliphatic heterocycles. The predicted molar refractivity (Wildman–Crippen MR) is 241 cm³/mol. The van der Waals surface area contributed by atoms with Crippen LogP contribution in [0.3, 0.4) is 0 Å². The molecule has 0 aliphatic rings. The second-order valence-electron chi connectivity index (χ2n) is 14.4. The summed E-state index contributed by atoms with van der Waals surface area (Å²) in [6.07, 6.45) is -4.19. The van der Waals surface area contributed by atoms with Gasteiger partial charge < -0.3 is 21.3 Å². The van der Waals surface area contributed by atoms with Crippen molar-refractivity contribution in [3.8, 4) is 28.3 Å². The summed E-state index contributed by atoms with van der Waals surface area (Å²) in [6, 6.07) is 19.7. The van der Waals surface area contributed by atoms with Crippen LogP contribution in [0.15, 0.2) is 102 Å². The minimum atomic E-state index is -4.66. The van der Waals surface area contributed by atoms with E-state index in [1.165, 1.54) is 12.1 Å². The van der Waals surface area contributed by atoms with Crippen molar-refractivity contribution in [2.45, 2.75) is 26.2 Å². The number of nitrogens with zero attached hydrogens (tertiary/aromatic N) is 9. The van der Waals surface area contributed by atoms with E-state index in [0.29, 0.717) is 67.8 Å². The van der Waals surface area contributed by atoms with Crippen molar-refractivity contribution in [2.75, 3.05) is 35.4 Å². The number of fused-ring (bicyclic) bond motifs is 2. The van der Waals surface area contributed by atoms with Crippen LogP contribution in [0.25, 0.3) is 44.3 Å². The molecule has 0 aliphatic carbocycles. The van der Waals surface area contributed by atoms with Crippen LogP contribution in [-0.4, -0.2) is 65.8 Å². The second kappa shape index (κ2) is 19.1. The van der Waals surface area contributed by atoms with E-state index in [0.717, 1.165) is 40.0 Å². The van der Waals surface area contributed by atoms with Gasteiger partial charge in [-0.2, -0.15) is 41.6 Å². The molecule has 0 radical (unpaired) electrons. The van der Waals surface area contributed by atoms with Gasteiger partial charge in [-0.15, -0.1) is 0 Å². The van der Waals surface area contributed by atoms with Crippen molar-refractivity contribution in [1.29, 1.82) is 5.26 Å². The lowest BCUT2D eigenvalue weighted by Crippen LogP contribution is -2.15. The van der Waals surface area contributed by atoms with Gasteiger partial charge in [0.05, 0.1) is 0 Å². The highest BCUT2D eigenvalue weighted by atomic mass is 79.9. The molecule has 0 fully saturated rings. The van der Waals surface area contributed by atoms with E-state index in [1.54, 1.807) is 69.0 Å². The van der Waals surface area contributed by atoms with E-state index in [1.807, 2.05) is 19.9 Å². The van der Waals surface area contributed by atoms with Crippen molar-refractivity contribution in [3.63, 3.8) is 0 Å². The first-order valence-corrected chi connectivity index (χ1v) is 20.3. The second-order valence-corrected chi connectivity index (χ2v) is 15.1. The maximum absolute atomic E-state index is 12.9. The zero-order chi connectivity index (χ0) is 48.2. The molecule has 8 rings (SSSR count). The van der Waals surface area contributed by atoms with E-state index >= 15 is 0 Å². The number of amides is 2. The van der Waals surface area contributed by atoms with Crippen molar-refractivity contribution in [1.82, 2.24) is 39.9 Å². The summed E-state index contributed by atoms with van der Waals surface area (Å²) in [7, 11) is 3.38. The van der Waals surface area contributed by atoms with E-state index in [9.17, 15) is 41.2 Å². The molecule has 67 heavy (non-hydrogen) atoms. The van der Waals surface area contributed by atoms with Crippen LogP contribution in [0.5, 0.6) is 0 Å². The van der Waals surface area contributed by atoms with E-state index < -0.39 is 35.6 Å². The number of hydrogen-bond acceptors (Lipinski definition) is 13. The van der Waals surface area contributed by atoms with Crippen LogP contribution in [-0.2, 0) is 12.4 Å². The third-order valence-corrected chi connectivity index (χ3v) is 10.4. The number of carbonyl (C=O) groups excluding carboxylic acids is 2. The summed E-state index contributed by atoms with van der Waals surface area (Å²) in [6.45, 7) is 3.72. The first-order valence-electron chi connectivity index (χ1n) is 19.5. The Bertz CT molecular complexity index is 3270. The fraction of sp³-hybridized carbons (Fsp3) is 0.133. The van der Waals surface area contributed by atoms with Gasteiger partial charge in [0.2, 0.25) is 11.9 Å². The molecule has 0 bridgehead atoms.